The van der Waals surface area contributed by atoms with Gasteiger partial charge in [-0.1, -0.05) is 0 Å². The number of hydrogen-bond donors (Lipinski definition) is 1. The van der Waals surface area contributed by atoms with Crippen molar-refractivity contribution in [3.05, 3.63) is 27.8 Å². The Morgan fingerprint density at radius 2 is 2.00 bits per heavy atom. The molecule has 1 aromatic rings. The van der Waals surface area contributed by atoms with Crippen molar-refractivity contribution in [3.8, 4) is 11.5 Å². The van der Waals surface area contributed by atoms with Gasteiger partial charge in [0.2, 0.25) is 6.79 Å². The predicted molar refractivity (Wildman–Crippen MR) is 72.4 cm³/mol. The van der Waals surface area contributed by atoms with Gasteiger partial charge in [-0.25, -0.2) is 4.39 Å². The molecular weight excluding hydrogens is 281 g/mol. The molecule has 2 aliphatic rings. The monoisotopic (exact) mass is 297 g/mol. The predicted octanol–water partition coefficient (Wildman–Crippen LogP) is 1.24. The van der Waals surface area contributed by atoms with E-state index in [1.54, 1.807) is 0 Å². The third-order valence-electron chi connectivity index (χ3n) is 3.82. The van der Waals surface area contributed by atoms with Gasteiger partial charge in [-0.15, -0.1) is 0 Å². The van der Waals surface area contributed by atoms with Crippen LogP contribution in [0.2, 0.25) is 0 Å². The first-order valence-corrected chi connectivity index (χ1v) is 6.79. The summed E-state index contributed by atoms with van der Waals surface area (Å²) in [4.78, 5) is 12.7. The summed E-state index contributed by atoms with van der Waals surface area (Å²) < 4.78 is 24.0. The Kier molecular flexibility index (Phi) is 3.89. The fourth-order valence-corrected chi connectivity index (χ4v) is 2.74. The molecule has 0 amide bonds. The van der Waals surface area contributed by atoms with Crippen molar-refractivity contribution in [2.75, 3.05) is 39.6 Å². The van der Waals surface area contributed by atoms with E-state index in [1.807, 2.05) is 4.90 Å². The van der Waals surface area contributed by atoms with Gasteiger partial charge < -0.3 is 14.8 Å². The van der Waals surface area contributed by atoms with Crippen LogP contribution >= 0.6 is 0 Å². The lowest BCUT2D eigenvalue weighted by atomic mass is 10.0. The van der Waals surface area contributed by atoms with Crippen LogP contribution in [0.1, 0.15) is 11.6 Å². The van der Waals surface area contributed by atoms with Gasteiger partial charge >= 0.3 is 0 Å². The van der Waals surface area contributed by atoms with Crippen molar-refractivity contribution in [1.29, 1.82) is 0 Å². The van der Waals surface area contributed by atoms with E-state index in [0.29, 0.717) is 30.2 Å². The summed E-state index contributed by atoms with van der Waals surface area (Å²) in [6.07, 6.45) is 0. The van der Waals surface area contributed by atoms with Crippen molar-refractivity contribution in [2.24, 2.45) is 0 Å². The lowest BCUT2D eigenvalue weighted by Crippen LogP contribution is -2.45. The van der Waals surface area contributed by atoms with Crippen LogP contribution in [0.3, 0.4) is 0 Å². The maximum atomic E-state index is 13.6. The number of fused-ring (bicyclic) bond motifs is 1. The topological polar surface area (TPSA) is 76.9 Å². The molecule has 1 N–H and O–H groups in total. The van der Waals surface area contributed by atoms with Crippen LogP contribution in [0.5, 0.6) is 11.5 Å². The number of benzene rings is 1. The molecule has 0 spiro atoms. The third-order valence-corrected chi connectivity index (χ3v) is 3.82. The Hall–Kier alpha value is -1.93. The fourth-order valence-electron chi connectivity index (χ4n) is 2.74. The average molecular weight is 297 g/mol. The molecule has 0 aliphatic carbocycles. The number of ether oxygens (including phenoxy) is 2. The smallest absolute Gasteiger partial charge is 0.278 e. The van der Waals surface area contributed by atoms with E-state index in [4.69, 9.17) is 9.47 Å². The zero-order valence-electron chi connectivity index (χ0n) is 11.4. The summed E-state index contributed by atoms with van der Waals surface area (Å²) >= 11 is 0. The molecule has 1 fully saturated rings. The molecular formula is C13H16FN3O4. The van der Waals surface area contributed by atoms with Gasteiger partial charge in [0.25, 0.3) is 5.69 Å². The molecule has 0 bridgehead atoms. The Morgan fingerprint density at radius 3 is 2.62 bits per heavy atom. The van der Waals surface area contributed by atoms with Crippen LogP contribution in [0.15, 0.2) is 12.1 Å². The van der Waals surface area contributed by atoms with E-state index in [9.17, 15) is 14.5 Å². The van der Waals surface area contributed by atoms with E-state index in [1.165, 1.54) is 12.1 Å². The van der Waals surface area contributed by atoms with E-state index < -0.39 is 17.6 Å². The number of nitrogens with one attached hydrogen (secondary N) is 1. The number of alkyl halides is 1. The molecule has 1 aromatic carbocycles. The molecule has 2 aliphatic heterocycles. The number of rotatable bonds is 4. The van der Waals surface area contributed by atoms with E-state index in [-0.39, 0.29) is 12.5 Å². The molecule has 7 nitrogen and oxygen atoms in total. The van der Waals surface area contributed by atoms with Gasteiger partial charge in [-0.2, -0.15) is 0 Å². The molecule has 1 saturated heterocycles. The van der Waals surface area contributed by atoms with Crippen LogP contribution in [0.25, 0.3) is 0 Å². The molecule has 2 heterocycles. The number of piperazine rings is 1. The zero-order valence-corrected chi connectivity index (χ0v) is 11.4. The summed E-state index contributed by atoms with van der Waals surface area (Å²) in [5, 5.41) is 14.5. The minimum Gasteiger partial charge on any atom is -0.454 e. The van der Waals surface area contributed by atoms with Gasteiger partial charge in [0.15, 0.2) is 11.5 Å². The normalized spacial score (nSPS) is 19.5. The Morgan fingerprint density at radius 1 is 1.33 bits per heavy atom. The van der Waals surface area contributed by atoms with Gasteiger partial charge in [0.05, 0.1) is 22.6 Å². The molecule has 114 valence electrons. The summed E-state index contributed by atoms with van der Waals surface area (Å²) in [7, 11) is 0. The first-order valence-electron chi connectivity index (χ1n) is 6.79. The molecule has 0 unspecified atom stereocenters. The highest BCUT2D eigenvalue weighted by Gasteiger charge is 2.31. The van der Waals surface area contributed by atoms with Crippen molar-refractivity contribution in [3.63, 3.8) is 0 Å². The molecule has 3 rings (SSSR count). The highest BCUT2D eigenvalue weighted by Crippen LogP contribution is 2.41. The van der Waals surface area contributed by atoms with Crippen LogP contribution in [-0.4, -0.2) is 49.5 Å². The molecule has 8 heteroatoms. The van der Waals surface area contributed by atoms with Crippen molar-refractivity contribution in [1.82, 2.24) is 10.2 Å². The largest absolute Gasteiger partial charge is 0.454 e. The standard InChI is InChI=1S/C13H16FN3O4/c14-7-11(16-3-1-15-2-4-16)9-5-12-13(21-8-20-12)6-10(9)17(18)19/h5-6,11,15H,1-4,7-8H2/t11-/m1/s1. The number of nitro groups is 1. The summed E-state index contributed by atoms with van der Waals surface area (Å²) in [6.45, 7) is 2.15. The summed E-state index contributed by atoms with van der Waals surface area (Å²) in [5.74, 6) is 0.771. The third kappa shape index (κ3) is 2.64. The second-order valence-corrected chi connectivity index (χ2v) is 4.98. The maximum absolute atomic E-state index is 13.6. The lowest BCUT2D eigenvalue weighted by molar-refractivity contribution is -0.386. The fraction of sp³-hybridized carbons (Fsp3) is 0.538. The van der Waals surface area contributed by atoms with Crippen LogP contribution < -0.4 is 14.8 Å². The van der Waals surface area contributed by atoms with Gasteiger partial charge in [-0.05, 0) is 6.07 Å². The van der Waals surface area contributed by atoms with E-state index in [2.05, 4.69) is 5.32 Å². The Balaban J connectivity index is 1.99. The molecule has 21 heavy (non-hydrogen) atoms. The first-order chi connectivity index (χ1) is 10.2. The molecule has 1 atom stereocenters. The minimum absolute atomic E-state index is 0.0316. The quantitative estimate of drug-likeness (QED) is 0.665. The second kappa shape index (κ2) is 5.82. The van der Waals surface area contributed by atoms with Gasteiger partial charge in [-0.3, -0.25) is 15.0 Å². The van der Waals surface area contributed by atoms with Crippen molar-refractivity contribution in [2.45, 2.75) is 6.04 Å². The molecule has 0 aromatic heterocycles. The van der Waals surface area contributed by atoms with Gasteiger partial charge in [0.1, 0.15) is 6.67 Å². The summed E-state index contributed by atoms with van der Waals surface area (Å²) in [5.41, 5.74) is 0.217. The number of hydrogen-bond acceptors (Lipinski definition) is 6. The Labute approximate surface area is 120 Å². The highest BCUT2D eigenvalue weighted by atomic mass is 19.1. The average Bonchev–Trinajstić information content (AvgIpc) is 2.95. The molecule has 0 radical (unpaired) electrons. The van der Waals surface area contributed by atoms with Crippen molar-refractivity contribution < 1.29 is 18.8 Å². The van der Waals surface area contributed by atoms with E-state index in [0.717, 1.165) is 13.1 Å². The number of nitro benzene ring substituents is 1. The van der Waals surface area contributed by atoms with E-state index >= 15 is 0 Å². The van der Waals surface area contributed by atoms with Crippen LogP contribution in [0.4, 0.5) is 10.1 Å². The first kappa shape index (κ1) is 14.0. The maximum Gasteiger partial charge on any atom is 0.278 e. The SMILES string of the molecule is O=[N+]([O-])c1cc2c(cc1[C@@H](CF)N1CCNCC1)OCO2. The number of halogens is 1. The van der Waals surface area contributed by atoms with Crippen molar-refractivity contribution >= 4 is 5.69 Å². The summed E-state index contributed by atoms with van der Waals surface area (Å²) in [6, 6.07) is 2.22. The lowest BCUT2D eigenvalue weighted by Gasteiger charge is -2.33. The van der Waals surface area contributed by atoms with Gasteiger partial charge in [0, 0.05) is 26.2 Å². The van der Waals surface area contributed by atoms with Crippen LogP contribution in [0, 0.1) is 10.1 Å². The second-order valence-electron chi connectivity index (χ2n) is 4.98. The highest BCUT2D eigenvalue weighted by molar-refractivity contribution is 5.56. The zero-order chi connectivity index (χ0) is 14.8. The van der Waals surface area contributed by atoms with Crippen LogP contribution in [-0.2, 0) is 0 Å². The minimum atomic E-state index is -0.680. The Bertz CT molecular complexity index is 548. The number of nitrogens with zero attached hydrogens (tertiary/aromatic N) is 2. The molecule has 0 saturated carbocycles.